The number of nitrogens with two attached hydrogens (primary N) is 1. The fourth-order valence-corrected chi connectivity index (χ4v) is 4.01. The summed E-state index contributed by atoms with van der Waals surface area (Å²) in [5.74, 6) is 0.779. The number of ether oxygens (including phenoxy) is 1. The van der Waals surface area contributed by atoms with Crippen LogP contribution in [0.4, 0.5) is 0 Å². The molecule has 1 aromatic rings. The molecule has 1 aromatic carbocycles. The third-order valence-corrected chi connectivity index (χ3v) is 6.40. The van der Waals surface area contributed by atoms with Crippen molar-refractivity contribution in [3.8, 4) is 5.75 Å². The molecule has 0 aromatic heterocycles. The van der Waals surface area contributed by atoms with Gasteiger partial charge < -0.3 is 10.5 Å². The minimum Gasteiger partial charge on any atom is -0.496 e. The Balaban J connectivity index is 2.90. The molecule has 0 bridgehead atoms. The van der Waals surface area contributed by atoms with Crippen molar-refractivity contribution >= 4 is 10.0 Å². The normalized spacial score (nSPS) is 15.0. The van der Waals surface area contributed by atoms with Crippen LogP contribution in [0.1, 0.15) is 25.8 Å². The summed E-state index contributed by atoms with van der Waals surface area (Å²) in [7, 11) is -0.137. The smallest absolute Gasteiger partial charge is 0.218 e. The van der Waals surface area contributed by atoms with E-state index in [1.54, 1.807) is 14.2 Å². The Morgan fingerprint density at radius 3 is 2.48 bits per heavy atom. The molecule has 0 heterocycles. The van der Waals surface area contributed by atoms with E-state index in [-0.39, 0.29) is 12.6 Å². The van der Waals surface area contributed by atoms with Crippen LogP contribution in [0.5, 0.6) is 5.75 Å². The van der Waals surface area contributed by atoms with Gasteiger partial charge in [0.2, 0.25) is 10.0 Å². The van der Waals surface area contributed by atoms with Crippen LogP contribution in [-0.2, 0) is 16.4 Å². The Hall–Kier alpha value is -1.11. The van der Waals surface area contributed by atoms with Crippen LogP contribution >= 0.6 is 0 Å². The highest BCUT2D eigenvalue weighted by Gasteiger charge is 2.30. The molecule has 0 spiro atoms. The van der Waals surface area contributed by atoms with E-state index in [0.29, 0.717) is 12.8 Å². The van der Waals surface area contributed by atoms with Gasteiger partial charge in [0.05, 0.1) is 12.4 Å². The Kier molecular flexibility index (Phi) is 6.64. The molecule has 0 saturated carbocycles. The molecule has 0 amide bonds. The lowest BCUT2D eigenvalue weighted by Gasteiger charge is -2.28. The topological polar surface area (TPSA) is 72.6 Å². The number of likely N-dealkylation sites (N-methyl/N-ethyl adjacent to an activating group) is 1. The number of para-hydroxylation sites is 1. The average molecular weight is 314 g/mol. The maximum Gasteiger partial charge on any atom is 0.218 e. The lowest BCUT2D eigenvalue weighted by molar-refractivity contribution is 0.368. The van der Waals surface area contributed by atoms with Gasteiger partial charge in [-0.1, -0.05) is 25.1 Å². The van der Waals surface area contributed by atoms with Gasteiger partial charge >= 0.3 is 0 Å². The molecule has 0 fully saturated rings. The SMILES string of the molecule is CCC(CN)S(=O)(=O)N(C)C(C)Cc1ccccc1OC. The second kappa shape index (κ2) is 7.77. The van der Waals surface area contributed by atoms with Crippen molar-refractivity contribution in [3.05, 3.63) is 29.8 Å². The van der Waals surface area contributed by atoms with E-state index in [9.17, 15) is 8.42 Å². The summed E-state index contributed by atoms with van der Waals surface area (Å²) in [6.07, 6.45) is 1.12. The lowest BCUT2D eigenvalue weighted by Crippen LogP contribution is -2.44. The van der Waals surface area contributed by atoms with Crippen LogP contribution in [0, 0.1) is 0 Å². The second-order valence-corrected chi connectivity index (χ2v) is 7.46. The van der Waals surface area contributed by atoms with E-state index in [1.165, 1.54) is 4.31 Å². The fourth-order valence-electron chi connectivity index (χ4n) is 2.30. The van der Waals surface area contributed by atoms with Crippen molar-refractivity contribution in [2.24, 2.45) is 5.73 Å². The van der Waals surface area contributed by atoms with Gasteiger partial charge in [-0.05, 0) is 31.4 Å². The molecular formula is C15H26N2O3S. The van der Waals surface area contributed by atoms with Gasteiger partial charge in [-0.25, -0.2) is 12.7 Å². The summed E-state index contributed by atoms with van der Waals surface area (Å²) in [6, 6.07) is 7.50. The zero-order chi connectivity index (χ0) is 16.0. The Labute approximate surface area is 128 Å². The van der Waals surface area contributed by atoms with Gasteiger partial charge in [-0.2, -0.15) is 0 Å². The average Bonchev–Trinajstić information content (AvgIpc) is 2.47. The molecule has 6 heteroatoms. The van der Waals surface area contributed by atoms with Crippen molar-refractivity contribution in [3.63, 3.8) is 0 Å². The molecule has 0 aliphatic carbocycles. The van der Waals surface area contributed by atoms with Gasteiger partial charge in [0.1, 0.15) is 5.75 Å². The van der Waals surface area contributed by atoms with Gasteiger partial charge in [0.15, 0.2) is 0 Å². The molecule has 21 heavy (non-hydrogen) atoms. The predicted molar refractivity (Wildman–Crippen MR) is 86.0 cm³/mol. The van der Waals surface area contributed by atoms with Crippen LogP contribution in [0.25, 0.3) is 0 Å². The Bertz CT molecular complexity index is 542. The van der Waals surface area contributed by atoms with Crippen molar-refractivity contribution in [2.75, 3.05) is 20.7 Å². The van der Waals surface area contributed by atoms with E-state index in [4.69, 9.17) is 10.5 Å². The first-order valence-electron chi connectivity index (χ1n) is 7.17. The third kappa shape index (κ3) is 4.18. The molecule has 1 rings (SSSR count). The van der Waals surface area contributed by atoms with Crippen LogP contribution in [0.2, 0.25) is 0 Å². The number of methoxy groups -OCH3 is 1. The summed E-state index contributed by atoms with van der Waals surface area (Å²) in [5, 5.41) is -0.525. The van der Waals surface area contributed by atoms with E-state index >= 15 is 0 Å². The van der Waals surface area contributed by atoms with Crippen molar-refractivity contribution in [1.29, 1.82) is 0 Å². The van der Waals surface area contributed by atoms with Crippen LogP contribution < -0.4 is 10.5 Å². The first-order valence-corrected chi connectivity index (χ1v) is 8.67. The Morgan fingerprint density at radius 2 is 1.95 bits per heavy atom. The van der Waals surface area contributed by atoms with E-state index in [1.807, 2.05) is 38.1 Å². The van der Waals surface area contributed by atoms with Gasteiger partial charge in [0, 0.05) is 19.6 Å². The molecule has 0 saturated heterocycles. The quantitative estimate of drug-likeness (QED) is 0.791. The molecule has 2 N–H and O–H groups in total. The molecule has 0 aliphatic heterocycles. The maximum atomic E-state index is 12.5. The molecular weight excluding hydrogens is 288 g/mol. The maximum absolute atomic E-state index is 12.5. The number of sulfonamides is 1. The second-order valence-electron chi connectivity index (χ2n) is 5.19. The third-order valence-electron chi connectivity index (χ3n) is 3.87. The summed E-state index contributed by atoms with van der Waals surface area (Å²) in [6.45, 7) is 3.88. The van der Waals surface area contributed by atoms with E-state index in [2.05, 4.69) is 0 Å². The molecule has 5 nitrogen and oxygen atoms in total. The van der Waals surface area contributed by atoms with Crippen molar-refractivity contribution < 1.29 is 13.2 Å². The van der Waals surface area contributed by atoms with Crippen LogP contribution in [-0.4, -0.2) is 44.7 Å². The van der Waals surface area contributed by atoms with Crippen molar-refractivity contribution in [1.82, 2.24) is 4.31 Å². The monoisotopic (exact) mass is 314 g/mol. The molecule has 0 aliphatic rings. The molecule has 0 radical (unpaired) electrons. The first-order chi connectivity index (χ1) is 9.88. The van der Waals surface area contributed by atoms with Gasteiger partial charge in [-0.15, -0.1) is 0 Å². The van der Waals surface area contributed by atoms with E-state index in [0.717, 1.165) is 11.3 Å². The first kappa shape index (κ1) is 17.9. The number of hydrogen-bond acceptors (Lipinski definition) is 4. The number of nitrogens with zero attached hydrogens (tertiary/aromatic N) is 1. The lowest BCUT2D eigenvalue weighted by atomic mass is 10.1. The highest BCUT2D eigenvalue weighted by atomic mass is 32.2. The summed E-state index contributed by atoms with van der Waals surface area (Å²) < 4.78 is 31.7. The van der Waals surface area contributed by atoms with Crippen LogP contribution in [0.15, 0.2) is 24.3 Å². The minimum absolute atomic E-state index is 0.143. The largest absolute Gasteiger partial charge is 0.496 e. The standard InChI is InChI=1S/C15H26N2O3S/c1-5-14(11-16)21(18,19)17(3)12(2)10-13-8-6-7-9-15(13)20-4/h6-9,12,14H,5,10-11,16H2,1-4H3. The molecule has 2 unspecified atom stereocenters. The number of rotatable bonds is 8. The fraction of sp³-hybridized carbons (Fsp3) is 0.600. The summed E-state index contributed by atoms with van der Waals surface area (Å²) >= 11 is 0. The number of benzene rings is 1. The highest BCUT2D eigenvalue weighted by molar-refractivity contribution is 7.89. The van der Waals surface area contributed by atoms with Gasteiger partial charge in [-0.3, -0.25) is 0 Å². The van der Waals surface area contributed by atoms with Crippen molar-refractivity contribution in [2.45, 2.75) is 38.0 Å². The number of hydrogen-bond donors (Lipinski definition) is 1. The molecule has 120 valence electrons. The van der Waals surface area contributed by atoms with Crippen LogP contribution in [0.3, 0.4) is 0 Å². The molecule has 2 atom stereocenters. The predicted octanol–water partition coefficient (Wildman–Crippen LogP) is 1.63. The zero-order valence-electron chi connectivity index (χ0n) is 13.2. The van der Waals surface area contributed by atoms with E-state index < -0.39 is 15.3 Å². The summed E-state index contributed by atoms with van der Waals surface area (Å²) in [4.78, 5) is 0. The minimum atomic E-state index is -3.37. The summed E-state index contributed by atoms with van der Waals surface area (Å²) in [5.41, 5.74) is 6.58. The highest BCUT2D eigenvalue weighted by Crippen LogP contribution is 2.22. The van der Waals surface area contributed by atoms with Gasteiger partial charge in [0.25, 0.3) is 0 Å². The Morgan fingerprint density at radius 1 is 1.33 bits per heavy atom. The zero-order valence-corrected chi connectivity index (χ0v) is 14.1.